The molecule has 0 heterocycles. The van der Waals surface area contributed by atoms with Gasteiger partial charge in [0.25, 0.3) is 0 Å². The van der Waals surface area contributed by atoms with Gasteiger partial charge in [-0.15, -0.1) is 0 Å². The lowest BCUT2D eigenvalue weighted by atomic mass is 10.1. The lowest BCUT2D eigenvalue weighted by Gasteiger charge is -2.05. The Morgan fingerprint density at radius 2 is 2.00 bits per heavy atom. The van der Waals surface area contributed by atoms with E-state index in [1.165, 1.54) is 6.08 Å². The number of halogens is 1. The van der Waals surface area contributed by atoms with Crippen molar-refractivity contribution in [3.05, 3.63) is 64.1 Å². The number of carbonyl (C=O) groups excluding carboxylic acids is 1. The second-order valence-electron chi connectivity index (χ2n) is 4.56. The van der Waals surface area contributed by atoms with Crippen LogP contribution < -0.4 is 9.47 Å². The first-order chi connectivity index (χ1) is 11.1. The van der Waals surface area contributed by atoms with Crippen molar-refractivity contribution in [3.8, 4) is 17.6 Å². The summed E-state index contributed by atoms with van der Waals surface area (Å²) in [5.74, 6) is 1.12. The molecule has 0 bridgehead atoms. The van der Waals surface area contributed by atoms with Crippen LogP contribution in [0.15, 0.2) is 53.0 Å². The fraction of sp³-hybridized carbons (Fsp3) is 0.111. The highest BCUT2D eigenvalue weighted by Gasteiger charge is 2.04. The van der Waals surface area contributed by atoms with E-state index in [0.717, 1.165) is 10.0 Å². The number of nitriles is 1. The lowest BCUT2D eigenvalue weighted by molar-refractivity contribution is 0.104. The van der Waals surface area contributed by atoms with Gasteiger partial charge in [0.2, 0.25) is 0 Å². The molecule has 0 unspecified atom stereocenters. The summed E-state index contributed by atoms with van der Waals surface area (Å²) >= 11 is 3.39. The van der Waals surface area contributed by atoms with Crippen molar-refractivity contribution in [2.24, 2.45) is 0 Å². The van der Waals surface area contributed by atoms with Crippen molar-refractivity contribution < 1.29 is 14.3 Å². The molecule has 2 rings (SSSR count). The molecule has 0 aliphatic rings. The average Bonchev–Trinajstić information content (AvgIpc) is 2.58. The Bertz CT molecular complexity index is 761. The van der Waals surface area contributed by atoms with Crippen LogP contribution in [0.4, 0.5) is 0 Å². The summed E-state index contributed by atoms with van der Waals surface area (Å²) in [6.07, 6.45) is 3.21. The molecule has 4 nitrogen and oxygen atoms in total. The number of benzene rings is 2. The molecule has 2 aromatic carbocycles. The zero-order chi connectivity index (χ0) is 16.7. The van der Waals surface area contributed by atoms with Crippen molar-refractivity contribution in [3.63, 3.8) is 0 Å². The number of hydrogen-bond acceptors (Lipinski definition) is 4. The van der Waals surface area contributed by atoms with Gasteiger partial charge in [-0.25, -0.2) is 0 Å². The number of carbonyl (C=O) groups is 1. The minimum Gasteiger partial charge on any atom is -0.496 e. The summed E-state index contributed by atoms with van der Waals surface area (Å²) in [5, 5.41) is 8.46. The summed E-state index contributed by atoms with van der Waals surface area (Å²) < 4.78 is 11.3. The maximum Gasteiger partial charge on any atom is 0.185 e. The molecule has 0 saturated carbocycles. The standard InChI is InChI=1S/C18H14BrNO3/c1-22-18-9-5-15(19)12-14(18)4-8-17(21)13-2-6-16(7-3-13)23-11-10-20/h2-9,12H,11H2,1H3. The van der Waals surface area contributed by atoms with Crippen LogP contribution >= 0.6 is 15.9 Å². The molecule has 0 aliphatic carbocycles. The van der Waals surface area contributed by atoms with Crippen LogP contribution in [0, 0.1) is 11.3 Å². The van der Waals surface area contributed by atoms with E-state index < -0.39 is 0 Å². The molecule has 0 atom stereocenters. The fourth-order valence-corrected chi connectivity index (χ4v) is 2.31. The van der Waals surface area contributed by atoms with Gasteiger partial charge >= 0.3 is 0 Å². The van der Waals surface area contributed by atoms with Crippen molar-refractivity contribution >= 4 is 27.8 Å². The van der Waals surface area contributed by atoms with E-state index in [0.29, 0.717) is 17.1 Å². The quantitative estimate of drug-likeness (QED) is 0.562. The first-order valence-corrected chi connectivity index (χ1v) is 7.59. The molecule has 0 N–H and O–H groups in total. The number of rotatable bonds is 6. The molecule has 0 fully saturated rings. The number of nitrogens with zero attached hydrogens (tertiary/aromatic N) is 1. The Labute approximate surface area is 143 Å². The zero-order valence-corrected chi connectivity index (χ0v) is 14.0. The molecule has 0 radical (unpaired) electrons. The number of hydrogen-bond donors (Lipinski definition) is 0. The second-order valence-corrected chi connectivity index (χ2v) is 5.47. The van der Waals surface area contributed by atoms with Crippen LogP contribution in [-0.4, -0.2) is 19.5 Å². The third kappa shape index (κ3) is 4.70. The molecule has 5 heteroatoms. The summed E-state index contributed by atoms with van der Waals surface area (Å²) in [4.78, 5) is 12.2. The van der Waals surface area contributed by atoms with E-state index in [4.69, 9.17) is 14.7 Å². The monoisotopic (exact) mass is 371 g/mol. The molecule has 0 amide bonds. The predicted molar refractivity (Wildman–Crippen MR) is 91.6 cm³/mol. The smallest absolute Gasteiger partial charge is 0.185 e. The van der Waals surface area contributed by atoms with Gasteiger partial charge in [0.1, 0.15) is 17.6 Å². The zero-order valence-electron chi connectivity index (χ0n) is 12.5. The van der Waals surface area contributed by atoms with E-state index >= 15 is 0 Å². The Kier molecular flexibility index (Phi) is 5.95. The minimum atomic E-state index is -0.126. The molecule has 116 valence electrons. The van der Waals surface area contributed by atoms with Crippen LogP contribution in [0.25, 0.3) is 6.08 Å². The van der Waals surface area contributed by atoms with Crippen molar-refractivity contribution in [2.75, 3.05) is 13.7 Å². The summed E-state index contributed by atoms with van der Waals surface area (Å²) in [7, 11) is 1.59. The highest BCUT2D eigenvalue weighted by molar-refractivity contribution is 9.10. The lowest BCUT2D eigenvalue weighted by Crippen LogP contribution is -1.96. The number of methoxy groups -OCH3 is 1. The summed E-state index contributed by atoms with van der Waals surface area (Å²) in [6.45, 7) is -0.0180. The van der Waals surface area contributed by atoms with Crippen molar-refractivity contribution in [2.45, 2.75) is 0 Å². The van der Waals surface area contributed by atoms with E-state index in [1.807, 2.05) is 24.3 Å². The van der Waals surface area contributed by atoms with Crippen molar-refractivity contribution in [1.82, 2.24) is 0 Å². The molecule has 23 heavy (non-hydrogen) atoms. The first kappa shape index (κ1) is 16.8. The maximum absolute atomic E-state index is 12.2. The molecule has 2 aromatic rings. The minimum absolute atomic E-state index is 0.0180. The molecule has 0 aliphatic heterocycles. The maximum atomic E-state index is 12.2. The van der Waals surface area contributed by atoms with E-state index in [1.54, 1.807) is 37.5 Å². The summed E-state index contributed by atoms with van der Waals surface area (Å²) in [6, 6.07) is 14.1. The number of ketones is 1. The third-order valence-corrected chi connectivity index (χ3v) is 3.54. The Balaban J connectivity index is 2.12. The number of ether oxygens (including phenoxy) is 2. The van der Waals surface area contributed by atoms with Gasteiger partial charge in [-0.2, -0.15) is 5.26 Å². The Morgan fingerprint density at radius 1 is 1.26 bits per heavy atom. The fourth-order valence-electron chi connectivity index (χ4n) is 1.93. The average molecular weight is 372 g/mol. The second kappa shape index (κ2) is 8.16. The van der Waals surface area contributed by atoms with Gasteiger partial charge in [0.15, 0.2) is 12.4 Å². The van der Waals surface area contributed by atoms with Crippen molar-refractivity contribution in [1.29, 1.82) is 5.26 Å². The van der Waals surface area contributed by atoms with E-state index in [-0.39, 0.29) is 12.4 Å². The first-order valence-electron chi connectivity index (χ1n) is 6.80. The molecular formula is C18H14BrNO3. The van der Waals surface area contributed by atoms with Crippen LogP contribution in [0.1, 0.15) is 15.9 Å². The molecule has 0 saturated heterocycles. The van der Waals surface area contributed by atoms with Crippen LogP contribution in [0.3, 0.4) is 0 Å². The predicted octanol–water partition coefficient (Wildman–Crippen LogP) is 4.26. The highest BCUT2D eigenvalue weighted by atomic mass is 79.9. The Morgan fingerprint density at radius 3 is 2.65 bits per heavy atom. The van der Waals surface area contributed by atoms with Gasteiger partial charge < -0.3 is 9.47 Å². The summed E-state index contributed by atoms with van der Waals surface area (Å²) in [5.41, 5.74) is 1.35. The van der Waals surface area contributed by atoms with Gasteiger partial charge in [-0.3, -0.25) is 4.79 Å². The molecule has 0 spiro atoms. The van der Waals surface area contributed by atoms with Crippen LogP contribution in [-0.2, 0) is 0 Å². The van der Waals surface area contributed by atoms with Gasteiger partial charge in [-0.1, -0.05) is 15.9 Å². The topological polar surface area (TPSA) is 59.3 Å². The Hall–Kier alpha value is -2.58. The normalized spacial score (nSPS) is 10.3. The molecule has 0 aromatic heterocycles. The van der Waals surface area contributed by atoms with Crippen LogP contribution in [0.2, 0.25) is 0 Å². The number of allylic oxidation sites excluding steroid dienone is 1. The van der Waals surface area contributed by atoms with Gasteiger partial charge in [0, 0.05) is 15.6 Å². The largest absolute Gasteiger partial charge is 0.496 e. The van der Waals surface area contributed by atoms with Gasteiger partial charge in [-0.05, 0) is 54.6 Å². The van der Waals surface area contributed by atoms with Gasteiger partial charge in [0.05, 0.1) is 7.11 Å². The molecular weight excluding hydrogens is 358 g/mol. The van der Waals surface area contributed by atoms with E-state index in [9.17, 15) is 4.79 Å². The third-order valence-electron chi connectivity index (χ3n) is 3.05. The SMILES string of the molecule is COc1ccc(Br)cc1C=CC(=O)c1ccc(OCC#N)cc1. The van der Waals surface area contributed by atoms with Crippen LogP contribution in [0.5, 0.6) is 11.5 Å². The highest BCUT2D eigenvalue weighted by Crippen LogP contribution is 2.24. The van der Waals surface area contributed by atoms with E-state index in [2.05, 4.69) is 15.9 Å².